The molecule has 208 valence electrons. The average molecular weight is 552 g/mol. The van der Waals surface area contributed by atoms with E-state index in [1.54, 1.807) is 37.4 Å². The Bertz CT molecular complexity index is 1400. The van der Waals surface area contributed by atoms with Gasteiger partial charge in [0.1, 0.15) is 12.4 Å². The van der Waals surface area contributed by atoms with Gasteiger partial charge in [0.15, 0.2) is 0 Å². The highest BCUT2D eigenvalue weighted by Crippen LogP contribution is 2.34. The van der Waals surface area contributed by atoms with Crippen LogP contribution in [0.3, 0.4) is 0 Å². The van der Waals surface area contributed by atoms with Gasteiger partial charge in [0.05, 0.1) is 24.7 Å². The fraction of sp³-hybridized carbons (Fsp3) is 0.433. The van der Waals surface area contributed by atoms with E-state index in [0.717, 1.165) is 30.6 Å². The lowest BCUT2D eigenvalue weighted by atomic mass is 10.00. The van der Waals surface area contributed by atoms with E-state index < -0.39 is 10.0 Å². The van der Waals surface area contributed by atoms with E-state index in [0.29, 0.717) is 41.3 Å². The van der Waals surface area contributed by atoms with Crippen LogP contribution in [0.2, 0.25) is 0 Å². The number of ether oxygens (including phenoxy) is 2. The number of carbonyl (C=O) groups is 1. The van der Waals surface area contributed by atoms with Crippen LogP contribution in [0.15, 0.2) is 65.7 Å². The van der Waals surface area contributed by atoms with Gasteiger partial charge >= 0.3 is 0 Å². The molecule has 0 saturated carbocycles. The molecule has 3 aromatic rings. The quantitative estimate of drug-likeness (QED) is 0.417. The van der Waals surface area contributed by atoms with Crippen LogP contribution in [0, 0.1) is 13.8 Å². The first-order valence-electron chi connectivity index (χ1n) is 13.6. The molecule has 1 aromatic heterocycles. The molecule has 5 rings (SSSR count). The second kappa shape index (κ2) is 11.5. The molecule has 0 aliphatic carbocycles. The predicted molar refractivity (Wildman–Crippen MR) is 149 cm³/mol. The van der Waals surface area contributed by atoms with Crippen molar-refractivity contribution in [3.63, 3.8) is 0 Å². The van der Waals surface area contributed by atoms with Gasteiger partial charge in [-0.3, -0.25) is 4.79 Å². The van der Waals surface area contributed by atoms with Gasteiger partial charge < -0.3 is 18.9 Å². The van der Waals surface area contributed by atoms with Gasteiger partial charge in [-0.1, -0.05) is 36.8 Å². The molecule has 0 radical (unpaired) electrons. The molecule has 1 amide bonds. The summed E-state index contributed by atoms with van der Waals surface area (Å²) in [7, 11) is -2.17. The summed E-state index contributed by atoms with van der Waals surface area (Å²) in [4.78, 5) is 15.7. The van der Waals surface area contributed by atoms with Crippen LogP contribution in [-0.4, -0.2) is 67.6 Å². The normalized spacial score (nSPS) is 20.0. The van der Waals surface area contributed by atoms with E-state index in [2.05, 4.69) is 10.6 Å². The average Bonchev–Trinajstić information content (AvgIpc) is 3.41. The highest BCUT2D eigenvalue weighted by atomic mass is 32.2. The number of piperidine rings is 1. The number of hydrogen-bond acceptors (Lipinski definition) is 5. The fourth-order valence-electron chi connectivity index (χ4n) is 6.01. The minimum Gasteiger partial charge on any atom is -0.497 e. The van der Waals surface area contributed by atoms with Crippen molar-refractivity contribution in [3.05, 3.63) is 83.2 Å². The first kappa shape index (κ1) is 27.4. The minimum atomic E-state index is -3.74. The molecule has 0 N–H and O–H groups in total. The molecule has 1 saturated heterocycles. The SMILES string of the molecule is COc1cc(C)c(S(=O)(=O)N2CCCCC2COCC(=O)N2CCn3cccc3C2c2ccccc2)c(C)c1. The molecule has 3 heterocycles. The Morgan fingerprint density at radius 3 is 2.44 bits per heavy atom. The molecule has 2 aromatic carbocycles. The lowest BCUT2D eigenvalue weighted by molar-refractivity contribution is -0.139. The van der Waals surface area contributed by atoms with Crippen molar-refractivity contribution in [1.82, 2.24) is 13.8 Å². The summed E-state index contributed by atoms with van der Waals surface area (Å²) in [6.45, 7) is 5.45. The van der Waals surface area contributed by atoms with E-state index >= 15 is 0 Å². The zero-order valence-electron chi connectivity index (χ0n) is 22.9. The van der Waals surface area contributed by atoms with Crippen LogP contribution in [0.25, 0.3) is 0 Å². The standard InChI is InChI=1S/C30H37N3O5S/c1-22-18-26(37-3)19-23(2)30(22)39(35,36)33-15-8-7-12-25(33)20-38-21-28(34)32-17-16-31-14-9-13-27(31)29(32)24-10-5-4-6-11-24/h4-6,9-11,13-14,18-19,25,29H,7-8,12,15-17,20-21H2,1-3H3. The molecule has 0 bridgehead atoms. The number of aromatic nitrogens is 1. The molecule has 1 fully saturated rings. The molecular formula is C30H37N3O5S. The summed E-state index contributed by atoms with van der Waals surface area (Å²) in [6.07, 6.45) is 4.47. The highest BCUT2D eigenvalue weighted by molar-refractivity contribution is 7.89. The van der Waals surface area contributed by atoms with Crippen molar-refractivity contribution < 1.29 is 22.7 Å². The Morgan fingerprint density at radius 1 is 0.974 bits per heavy atom. The largest absolute Gasteiger partial charge is 0.497 e. The van der Waals surface area contributed by atoms with Crippen LogP contribution in [0.5, 0.6) is 5.75 Å². The highest BCUT2D eigenvalue weighted by Gasteiger charge is 2.36. The summed E-state index contributed by atoms with van der Waals surface area (Å²) in [5.74, 6) is 0.545. The van der Waals surface area contributed by atoms with Crippen molar-refractivity contribution in [2.45, 2.75) is 56.6 Å². The van der Waals surface area contributed by atoms with Crippen LogP contribution in [-0.2, 0) is 26.1 Å². The van der Waals surface area contributed by atoms with Gasteiger partial charge in [0, 0.05) is 37.6 Å². The first-order valence-corrected chi connectivity index (χ1v) is 15.0. The second-order valence-electron chi connectivity index (χ2n) is 10.4. The number of amides is 1. The zero-order valence-corrected chi connectivity index (χ0v) is 23.7. The lowest BCUT2D eigenvalue weighted by Crippen LogP contribution is -2.47. The molecular weight excluding hydrogens is 514 g/mol. The predicted octanol–water partition coefficient (Wildman–Crippen LogP) is 4.31. The summed E-state index contributed by atoms with van der Waals surface area (Å²) in [6, 6.07) is 17.1. The molecule has 2 aliphatic heterocycles. The van der Waals surface area contributed by atoms with Gasteiger partial charge in [-0.05, 0) is 67.6 Å². The van der Waals surface area contributed by atoms with Crippen molar-refractivity contribution >= 4 is 15.9 Å². The molecule has 2 aliphatic rings. The van der Waals surface area contributed by atoms with Crippen LogP contribution < -0.4 is 4.74 Å². The number of nitrogens with zero attached hydrogens (tertiary/aromatic N) is 3. The number of benzene rings is 2. The lowest BCUT2D eigenvalue weighted by Gasteiger charge is -2.38. The Balaban J connectivity index is 1.29. The van der Waals surface area contributed by atoms with E-state index in [9.17, 15) is 13.2 Å². The van der Waals surface area contributed by atoms with Crippen LogP contribution >= 0.6 is 0 Å². The Hall–Kier alpha value is -3.14. The number of aryl methyl sites for hydroxylation is 2. The summed E-state index contributed by atoms with van der Waals surface area (Å²) >= 11 is 0. The number of sulfonamides is 1. The van der Waals surface area contributed by atoms with E-state index in [-0.39, 0.29) is 31.2 Å². The number of carbonyl (C=O) groups excluding carboxylic acids is 1. The number of rotatable bonds is 8. The minimum absolute atomic E-state index is 0.0883. The molecule has 39 heavy (non-hydrogen) atoms. The first-order chi connectivity index (χ1) is 18.8. The third-order valence-electron chi connectivity index (χ3n) is 7.82. The van der Waals surface area contributed by atoms with E-state index in [1.165, 1.54) is 0 Å². The number of hydrogen-bond donors (Lipinski definition) is 0. The molecule has 2 unspecified atom stereocenters. The number of methoxy groups -OCH3 is 1. The van der Waals surface area contributed by atoms with Gasteiger partial charge in [-0.15, -0.1) is 0 Å². The Morgan fingerprint density at radius 2 is 1.72 bits per heavy atom. The van der Waals surface area contributed by atoms with Gasteiger partial charge in [0.2, 0.25) is 15.9 Å². The third-order valence-corrected chi connectivity index (χ3v) is 10.1. The van der Waals surface area contributed by atoms with E-state index in [1.807, 2.05) is 47.5 Å². The van der Waals surface area contributed by atoms with Gasteiger partial charge in [-0.25, -0.2) is 8.42 Å². The Kier molecular flexibility index (Phi) is 8.11. The molecule has 8 nitrogen and oxygen atoms in total. The fourth-order valence-corrected chi connectivity index (χ4v) is 8.11. The van der Waals surface area contributed by atoms with Crippen LogP contribution in [0.4, 0.5) is 0 Å². The monoisotopic (exact) mass is 551 g/mol. The summed E-state index contributed by atoms with van der Waals surface area (Å²) < 4.78 is 42.7. The summed E-state index contributed by atoms with van der Waals surface area (Å²) in [5, 5.41) is 0. The van der Waals surface area contributed by atoms with Gasteiger partial charge in [0.25, 0.3) is 0 Å². The molecule has 9 heteroatoms. The smallest absolute Gasteiger partial charge is 0.249 e. The summed E-state index contributed by atoms with van der Waals surface area (Å²) in [5.41, 5.74) is 3.46. The molecule has 0 spiro atoms. The maximum Gasteiger partial charge on any atom is 0.249 e. The Labute approximate surface area is 231 Å². The number of fused-ring (bicyclic) bond motifs is 1. The van der Waals surface area contributed by atoms with E-state index in [4.69, 9.17) is 9.47 Å². The van der Waals surface area contributed by atoms with Gasteiger partial charge in [-0.2, -0.15) is 4.31 Å². The topological polar surface area (TPSA) is 81.1 Å². The van der Waals surface area contributed by atoms with Crippen molar-refractivity contribution in [2.24, 2.45) is 0 Å². The maximum atomic E-state index is 13.8. The second-order valence-corrected chi connectivity index (χ2v) is 12.2. The maximum absolute atomic E-state index is 13.8. The van der Waals surface area contributed by atoms with Crippen molar-refractivity contribution in [2.75, 3.05) is 33.4 Å². The zero-order chi connectivity index (χ0) is 27.6. The van der Waals surface area contributed by atoms with Crippen molar-refractivity contribution in [1.29, 1.82) is 0 Å². The van der Waals surface area contributed by atoms with Crippen molar-refractivity contribution in [3.8, 4) is 5.75 Å². The molecule has 2 atom stereocenters. The van der Waals surface area contributed by atoms with Crippen LogP contribution in [0.1, 0.15) is 47.7 Å². The third kappa shape index (κ3) is 5.48.